The Morgan fingerprint density at radius 3 is 2.77 bits per heavy atom. The van der Waals surface area contributed by atoms with Crippen LogP contribution < -0.4 is 16.2 Å². The molecule has 6 heteroatoms. The number of nitrogens with zero attached hydrogens (tertiary/aromatic N) is 3. The van der Waals surface area contributed by atoms with Crippen molar-refractivity contribution in [2.45, 2.75) is 39.7 Å². The Bertz CT molecular complexity index is 958. The number of aromatic nitrogens is 3. The summed E-state index contributed by atoms with van der Waals surface area (Å²) in [6.45, 7) is 6.09. The average molecular weight is 351 g/mol. The van der Waals surface area contributed by atoms with E-state index in [9.17, 15) is 0 Å². The van der Waals surface area contributed by atoms with E-state index in [0.717, 1.165) is 35.4 Å². The van der Waals surface area contributed by atoms with Crippen molar-refractivity contribution in [2.75, 3.05) is 18.1 Å². The van der Waals surface area contributed by atoms with E-state index in [0.29, 0.717) is 17.7 Å². The maximum absolute atomic E-state index is 6.24. The van der Waals surface area contributed by atoms with Gasteiger partial charge >= 0.3 is 0 Å². The standard InChI is InChI=1S/C20H25N5O/c1-3-25-7-4-15-16(25)9-13(8-14-11-23-19(22)24-18(14)21)10-17(15)26-12-20(2)5-6-20/h4,7,9-11H,3,5-6,8,12H2,1-2H3,(H4,21,22,23,24). The summed E-state index contributed by atoms with van der Waals surface area (Å²) in [6.07, 6.45) is 6.94. The Morgan fingerprint density at radius 1 is 1.27 bits per heavy atom. The second-order valence-corrected chi connectivity index (χ2v) is 7.54. The van der Waals surface area contributed by atoms with Crippen molar-refractivity contribution in [1.82, 2.24) is 14.5 Å². The smallest absolute Gasteiger partial charge is 0.221 e. The fourth-order valence-electron chi connectivity index (χ4n) is 3.21. The molecule has 0 unspecified atom stereocenters. The molecule has 1 aromatic carbocycles. The average Bonchev–Trinajstić information content (AvgIpc) is 3.20. The number of benzene rings is 1. The minimum Gasteiger partial charge on any atom is -0.492 e. The molecule has 0 radical (unpaired) electrons. The predicted molar refractivity (Wildman–Crippen MR) is 104 cm³/mol. The van der Waals surface area contributed by atoms with Gasteiger partial charge in [0.15, 0.2) is 0 Å². The third kappa shape index (κ3) is 3.19. The number of hydrogen-bond acceptors (Lipinski definition) is 5. The zero-order chi connectivity index (χ0) is 18.3. The lowest BCUT2D eigenvalue weighted by molar-refractivity contribution is 0.250. The Morgan fingerprint density at radius 2 is 2.08 bits per heavy atom. The lowest BCUT2D eigenvalue weighted by Crippen LogP contribution is -2.09. The van der Waals surface area contributed by atoms with E-state index in [-0.39, 0.29) is 5.95 Å². The number of ether oxygens (including phenoxy) is 1. The summed E-state index contributed by atoms with van der Waals surface area (Å²) < 4.78 is 8.47. The van der Waals surface area contributed by atoms with Crippen molar-refractivity contribution < 1.29 is 4.74 Å². The number of nitrogen functional groups attached to an aromatic ring is 2. The minimum atomic E-state index is 0.197. The molecular weight excluding hydrogens is 326 g/mol. The maximum atomic E-state index is 6.24. The van der Waals surface area contributed by atoms with Gasteiger partial charge in [-0.3, -0.25) is 0 Å². The number of nitrogens with two attached hydrogens (primary N) is 2. The van der Waals surface area contributed by atoms with Gasteiger partial charge < -0.3 is 20.8 Å². The molecule has 1 aliphatic rings. The van der Waals surface area contributed by atoms with Crippen molar-refractivity contribution >= 4 is 22.7 Å². The molecule has 0 aliphatic heterocycles. The molecule has 4 N–H and O–H groups in total. The fourth-order valence-corrected chi connectivity index (χ4v) is 3.21. The Labute approximate surface area is 153 Å². The van der Waals surface area contributed by atoms with Gasteiger partial charge in [0.1, 0.15) is 11.6 Å². The van der Waals surface area contributed by atoms with Crippen LogP contribution in [-0.2, 0) is 13.0 Å². The van der Waals surface area contributed by atoms with E-state index in [1.807, 2.05) is 0 Å². The topological polar surface area (TPSA) is 92.0 Å². The van der Waals surface area contributed by atoms with Crippen molar-refractivity contribution in [3.05, 3.63) is 41.7 Å². The van der Waals surface area contributed by atoms with Crippen LogP contribution >= 0.6 is 0 Å². The number of fused-ring (bicyclic) bond motifs is 1. The van der Waals surface area contributed by atoms with Crippen LogP contribution in [0.4, 0.5) is 11.8 Å². The molecule has 1 fully saturated rings. The van der Waals surface area contributed by atoms with E-state index < -0.39 is 0 Å². The van der Waals surface area contributed by atoms with Gasteiger partial charge in [0, 0.05) is 41.7 Å². The first-order valence-corrected chi connectivity index (χ1v) is 9.09. The Balaban J connectivity index is 1.71. The summed E-state index contributed by atoms with van der Waals surface area (Å²) >= 11 is 0. The number of aryl methyl sites for hydroxylation is 1. The molecule has 1 saturated carbocycles. The molecule has 0 atom stereocenters. The lowest BCUT2D eigenvalue weighted by Gasteiger charge is -2.14. The normalized spacial score (nSPS) is 15.3. The van der Waals surface area contributed by atoms with Crippen LogP contribution in [0.5, 0.6) is 5.75 Å². The molecule has 136 valence electrons. The van der Waals surface area contributed by atoms with Gasteiger partial charge in [0.05, 0.1) is 12.1 Å². The highest BCUT2D eigenvalue weighted by Gasteiger charge is 2.38. The summed E-state index contributed by atoms with van der Waals surface area (Å²) in [7, 11) is 0. The van der Waals surface area contributed by atoms with Crippen LogP contribution in [0, 0.1) is 5.41 Å². The third-order valence-corrected chi connectivity index (χ3v) is 5.24. The molecule has 4 rings (SSSR count). The predicted octanol–water partition coefficient (Wildman–Crippen LogP) is 3.39. The molecule has 2 heterocycles. The molecule has 1 aliphatic carbocycles. The van der Waals surface area contributed by atoms with Crippen LogP contribution in [0.25, 0.3) is 10.9 Å². The monoisotopic (exact) mass is 351 g/mol. The van der Waals surface area contributed by atoms with E-state index in [4.69, 9.17) is 16.2 Å². The highest BCUT2D eigenvalue weighted by Crippen LogP contribution is 2.45. The van der Waals surface area contributed by atoms with Gasteiger partial charge in [-0.05, 0) is 43.5 Å². The summed E-state index contributed by atoms with van der Waals surface area (Å²) in [4.78, 5) is 8.13. The van der Waals surface area contributed by atoms with Gasteiger partial charge in [-0.1, -0.05) is 6.92 Å². The zero-order valence-electron chi connectivity index (χ0n) is 15.3. The maximum Gasteiger partial charge on any atom is 0.221 e. The van der Waals surface area contributed by atoms with Crippen molar-refractivity contribution in [2.24, 2.45) is 5.41 Å². The molecule has 3 aromatic rings. The zero-order valence-corrected chi connectivity index (χ0v) is 15.3. The van der Waals surface area contributed by atoms with Crippen molar-refractivity contribution in [1.29, 1.82) is 0 Å². The summed E-state index contributed by atoms with van der Waals surface area (Å²) in [5.41, 5.74) is 15.1. The number of anilines is 2. The highest BCUT2D eigenvalue weighted by atomic mass is 16.5. The van der Waals surface area contributed by atoms with Gasteiger partial charge in [0.2, 0.25) is 5.95 Å². The van der Waals surface area contributed by atoms with E-state index in [1.165, 1.54) is 18.4 Å². The summed E-state index contributed by atoms with van der Waals surface area (Å²) in [6, 6.07) is 6.44. The largest absolute Gasteiger partial charge is 0.492 e. The second-order valence-electron chi connectivity index (χ2n) is 7.54. The molecule has 6 nitrogen and oxygen atoms in total. The van der Waals surface area contributed by atoms with Gasteiger partial charge in [-0.2, -0.15) is 4.98 Å². The summed E-state index contributed by atoms with van der Waals surface area (Å²) in [5, 5.41) is 1.15. The highest BCUT2D eigenvalue weighted by molar-refractivity contribution is 5.87. The van der Waals surface area contributed by atoms with Crippen LogP contribution in [0.3, 0.4) is 0 Å². The van der Waals surface area contributed by atoms with E-state index in [1.54, 1.807) is 6.20 Å². The molecular formula is C20H25N5O. The van der Waals surface area contributed by atoms with E-state index in [2.05, 4.69) is 52.8 Å². The van der Waals surface area contributed by atoms with Gasteiger partial charge in [-0.15, -0.1) is 0 Å². The first-order valence-electron chi connectivity index (χ1n) is 9.09. The number of rotatable bonds is 6. The molecule has 0 spiro atoms. The quantitative estimate of drug-likeness (QED) is 0.710. The van der Waals surface area contributed by atoms with Crippen molar-refractivity contribution in [3.63, 3.8) is 0 Å². The summed E-state index contributed by atoms with van der Waals surface area (Å²) in [5.74, 6) is 1.56. The molecule has 0 amide bonds. The number of hydrogen-bond donors (Lipinski definition) is 2. The van der Waals surface area contributed by atoms with Crippen LogP contribution in [0.1, 0.15) is 37.8 Å². The lowest BCUT2D eigenvalue weighted by atomic mass is 10.0. The third-order valence-electron chi connectivity index (χ3n) is 5.24. The fraction of sp³-hybridized carbons (Fsp3) is 0.400. The molecule has 26 heavy (non-hydrogen) atoms. The van der Waals surface area contributed by atoms with Crippen LogP contribution in [-0.4, -0.2) is 21.1 Å². The van der Waals surface area contributed by atoms with E-state index >= 15 is 0 Å². The first kappa shape index (κ1) is 16.7. The Kier molecular flexibility index (Phi) is 3.98. The first-order chi connectivity index (χ1) is 12.5. The SMILES string of the molecule is CCn1ccc2c(OCC3(C)CC3)cc(Cc3cnc(N)nc3N)cc21. The second kappa shape index (κ2) is 6.20. The molecule has 2 aromatic heterocycles. The molecule has 0 bridgehead atoms. The van der Waals surface area contributed by atoms with Crippen LogP contribution in [0.2, 0.25) is 0 Å². The van der Waals surface area contributed by atoms with Crippen molar-refractivity contribution in [3.8, 4) is 5.75 Å². The molecule has 0 saturated heterocycles. The minimum absolute atomic E-state index is 0.197. The Hall–Kier alpha value is -2.76. The van der Waals surface area contributed by atoms with Gasteiger partial charge in [-0.25, -0.2) is 4.98 Å². The van der Waals surface area contributed by atoms with Gasteiger partial charge in [0.25, 0.3) is 0 Å². The van der Waals surface area contributed by atoms with Crippen LogP contribution in [0.15, 0.2) is 30.6 Å².